The standard InChI is InChI=1S/C14H24BrN3O/c1-11-14(15)13(18(2)17-11)10-16-8-9-19-12-6-4-3-5-7-12/h12,16H,3-10H2,1-2H3. The number of nitrogens with one attached hydrogen (secondary N) is 1. The predicted octanol–water partition coefficient (Wildman–Crippen LogP) is 2.93. The van der Waals surface area contributed by atoms with E-state index in [9.17, 15) is 0 Å². The van der Waals surface area contributed by atoms with Crippen LogP contribution in [0.1, 0.15) is 43.5 Å². The normalized spacial score (nSPS) is 17.0. The number of halogens is 1. The Bertz CT molecular complexity index is 400. The van der Waals surface area contributed by atoms with Gasteiger partial charge in [0.25, 0.3) is 0 Å². The first-order valence-electron chi connectivity index (χ1n) is 7.18. The monoisotopic (exact) mass is 329 g/mol. The summed E-state index contributed by atoms with van der Waals surface area (Å²) in [4.78, 5) is 0. The highest BCUT2D eigenvalue weighted by Gasteiger charge is 2.13. The van der Waals surface area contributed by atoms with Gasteiger partial charge in [0.15, 0.2) is 0 Å². The maximum absolute atomic E-state index is 5.89. The van der Waals surface area contributed by atoms with Crippen LogP contribution in [0.25, 0.3) is 0 Å². The maximum atomic E-state index is 5.89. The van der Waals surface area contributed by atoms with Gasteiger partial charge >= 0.3 is 0 Å². The molecule has 108 valence electrons. The highest BCUT2D eigenvalue weighted by atomic mass is 79.9. The fourth-order valence-corrected chi connectivity index (χ4v) is 3.08. The largest absolute Gasteiger partial charge is 0.377 e. The Balaban J connectivity index is 1.63. The summed E-state index contributed by atoms with van der Waals surface area (Å²) in [7, 11) is 1.98. The fourth-order valence-electron chi connectivity index (χ4n) is 2.61. The van der Waals surface area contributed by atoms with E-state index in [0.717, 1.165) is 29.9 Å². The van der Waals surface area contributed by atoms with Gasteiger partial charge in [-0.05, 0) is 35.7 Å². The van der Waals surface area contributed by atoms with Gasteiger partial charge in [0.05, 0.1) is 28.6 Å². The maximum Gasteiger partial charge on any atom is 0.0739 e. The Hall–Kier alpha value is -0.390. The molecule has 0 amide bonds. The molecule has 5 heteroatoms. The molecule has 4 nitrogen and oxygen atoms in total. The molecule has 1 aromatic heterocycles. The Morgan fingerprint density at radius 1 is 1.37 bits per heavy atom. The SMILES string of the molecule is Cc1nn(C)c(CNCCOC2CCCCC2)c1Br. The minimum Gasteiger partial charge on any atom is -0.377 e. The molecule has 0 bridgehead atoms. The number of nitrogens with zero attached hydrogens (tertiary/aromatic N) is 2. The van der Waals surface area contributed by atoms with E-state index in [1.165, 1.54) is 37.8 Å². The van der Waals surface area contributed by atoms with Crippen LogP contribution in [-0.4, -0.2) is 29.0 Å². The smallest absolute Gasteiger partial charge is 0.0739 e. The van der Waals surface area contributed by atoms with Crippen molar-refractivity contribution in [1.29, 1.82) is 0 Å². The lowest BCUT2D eigenvalue weighted by Gasteiger charge is -2.22. The summed E-state index contributed by atoms with van der Waals surface area (Å²) < 4.78 is 8.92. The van der Waals surface area contributed by atoms with Gasteiger partial charge in [-0.3, -0.25) is 4.68 Å². The number of hydrogen-bond acceptors (Lipinski definition) is 3. The molecular formula is C14H24BrN3O. The molecule has 2 rings (SSSR count). The molecule has 19 heavy (non-hydrogen) atoms. The molecule has 1 saturated carbocycles. The average Bonchev–Trinajstić information content (AvgIpc) is 2.65. The lowest BCUT2D eigenvalue weighted by molar-refractivity contribution is 0.0302. The summed E-state index contributed by atoms with van der Waals surface area (Å²) in [6.07, 6.45) is 7.03. The minimum atomic E-state index is 0.501. The highest BCUT2D eigenvalue weighted by molar-refractivity contribution is 9.10. The van der Waals surface area contributed by atoms with Crippen LogP contribution in [0.5, 0.6) is 0 Å². The first kappa shape index (κ1) is 15.0. The lowest BCUT2D eigenvalue weighted by Crippen LogP contribution is -2.25. The molecule has 0 aliphatic heterocycles. The average molecular weight is 330 g/mol. The topological polar surface area (TPSA) is 39.1 Å². The molecule has 1 fully saturated rings. The van der Waals surface area contributed by atoms with E-state index in [2.05, 4.69) is 26.3 Å². The number of hydrogen-bond donors (Lipinski definition) is 1. The zero-order valence-corrected chi connectivity index (χ0v) is 13.5. The predicted molar refractivity (Wildman–Crippen MR) is 80.2 cm³/mol. The van der Waals surface area contributed by atoms with Gasteiger partial charge in [-0.1, -0.05) is 19.3 Å². The number of aryl methyl sites for hydroxylation is 2. The van der Waals surface area contributed by atoms with Gasteiger partial charge < -0.3 is 10.1 Å². The van der Waals surface area contributed by atoms with Crippen molar-refractivity contribution in [3.05, 3.63) is 15.9 Å². The summed E-state index contributed by atoms with van der Waals surface area (Å²) >= 11 is 3.58. The minimum absolute atomic E-state index is 0.501. The van der Waals surface area contributed by atoms with Crippen molar-refractivity contribution >= 4 is 15.9 Å². The van der Waals surface area contributed by atoms with Crippen LogP contribution >= 0.6 is 15.9 Å². The van der Waals surface area contributed by atoms with Crippen LogP contribution < -0.4 is 5.32 Å². The van der Waals surface area contributed by atoms with Crippen molar-refractivity contribution in [2.75, 3.05) is 13.2 Å². The van der Waals surface area contributed by atoms with E-state index in [0.29, 0.717) is 6.10 Å². The van der Waals surface area contributed by atoms with E-state index in [4.69, 9.17) is 4.74 Å². The molecule has 0 saturated heterocycles. The van der Waals surface area contributed by atoms with E-state index in [1.807, 2.05) is 18.7 Å². The van der Waals surface area contributed by atoms with Crippen LogP contribution in [0.4, 0.5) is 0 Å². The molecule has 1 N–H and O–H groups in total. The molecule has 1 aromatic rings. The first-order chi connectivity index (χ1) is 9.18. The zero-order valence-electron chi connectivity index (χ0n) is 11.9. The Labute approximate surface area is 124 Å². The number of aromatic nitrogens is 2. The summed E-state index contributed by atoms with van der Waals surface area (Å²) in [5, 5.41) is 7.80. The van der Waals surface area contributed by atoms with Crippen LogP contribution in [0.2, 0.25) is 0 Å². The molecule has 1 heterocycles. The van der Waals surface area contributed by atoms with Crippen LogP contribution in [0.15, 0.2) is 4.47 Å². The van der Waals surface area contributed by atoms with Crippen LogP contribution in [0, 0.1) is 6.92 Å². The van der Waals surface area contributed by atoms with Crippen LogP contribution in [-0.2, 0) is 18.3 Å². The lowest BCUT2D eigenvalue weighted by atomic mass is 9.98. The van der Waals surface area contributed by atoms with Gasteiger partial charge in [0, 0.05) is 20.1 Å². The second-order valence-corrected chi connectivity index (χ2v) is 6.07. The zero-order chi connectivity index (χ0) is 13.7. The Morgan fingerprint density at radius 2 is 2.11 bits per heavy atom. The van der Waals surface area contributed by atoms with E-state index in [-0.39, 0.29) is 0 Å². The molecule has 0 aromatic carbocycles. The van der Waals surface area contributed by atoms with Crippen molar-refractivity contribution in [1.82, 2.24) is 15.1 Å². The summed E-state index contributed by atoms with van der Waals surface area (Å²) in [6, 6.07) is 0. The quantitative estimate of drug-likeness (QED) is 0.815. The highest BCUT2D eigenvalue weighted by Crippen LogP contribution is 2.20. The molecule has 1 aliphatic carbocycles. The molecular weight excluding hydrogens is 306 g/mol. The van der Waals surface area contributed by atoms with Gasteiger partial charge in [-0.15, -0.1) is 0 Å². The van der Waals surface area contributed by atoms with Gasteiger partial charge in [-0.25, -0.2) is 0 Å². The summed E-state index contributed by atoms with van der Waals surface area (Å²) in [5.74, 6) is 0. The molecule has 0 unspecified atom stereocenters. The van der Waals surface area contributed by atoms with Gasteiger partial charge in [0.2, 0.25) is 0 Å². The van der Waals surface area contributed by atoms with Crippen LogP contribution in [0.3, 0.4) is 0 Å². The second-order valence-electron chi connectivity index (χ2n) is 5.28. The molecule has 0 radical (unpaired) electrons. The van der Waals surface area contributed by atoms with Gasteiger partial charge in [-0.2, -0.15) is 5.10 Å². The second kappa shape index (κ2) is 7.41. The van der Waals surface area contributed by atoms with E-state index in [1.54, 1.807) is 0 Å². The third kappa shape index (κ3) is 4.29. The Morgan fingerprint density at radius 3 is 2.74 bits per heavy atom. The molecule has 0 spiro atoms. The summed E-state index contributed by atoms with van der Waals surface area (Å²) in [6.45, 7) is 4.54. The van der Waals surface area contributed by atoms with Crippen molar-refractivity contribution in [3.8, 4) is 0 Å². The van der Waals surface area contributed by atoms with Gasteiger partial charge in [0.1, 0.15) is 0 Å². The first-order valence-corrected chi connectivity index (χ1v) is 7.98. The third-order valence-corrected chi connectivity index (χ3v) is 4.77. The third-order valence-electron chi connectivity index (χ3n) is 3.74. The van der Waals surface area contributed by atoms with Crippen molar-refractivity contribution in [2.24, 2.45) is 7.05 Å². The van der Waals surface area contributed by atoms with E-state index < -0.39 is 0 Å². The van der Waals surface area contributed by atoms with Crippen molar-refractivity contribution in [3.63, 3.8) is 0 Å². The number of ether oxygens (including phenoxy) is 1. The number of rotatable bonds is 6. The fraction of sp³-hybridized carbons (Fsp3) is 0.786. The van der Waals surface area contributed by atoms with E-state index >= 15 is 0 Å². The molecule has 1 aliphatic rings. The molecule has 0 atom stereocenters. The van der Waals surface area contributed by atoms with Crippen molar-refractivity contribution < 1.29 is 4.74 Å². The summed E-state index contributed by atoms with van der Waals surface area (Å²) in [5.41, 5.74) is 2.23. The van der Waals surface area contributed by atoms with Crippen molar-refractivity contribution in [2.45, 2.75) is 51.7 Å². The Kier molecular flexibility index (Phi) is 5.85.